The number of amides is 1. The first-order valence-electron chi connectivity index (χ1n) is 10.1. The van der Waals surface area contributed by atoms with Gasteiger partial charge in [0, 0.05) is 22.3 Å². The van der Waals surface area contributed by atoms with E-state index in [4.69, 9.17) is 21.1 Å². The van der Waals surface area contributed by atoms with Crippen molar-refractivity contribution in [2.24, 2.45) is 0 Å². The number of ether oxygens (including phenoxy) is 2. The van der Waals surface area contributed by atoms with Gasteiger partial charge >= 0.3 is 5.97 Å². The number of aryl methyl sites for hydroxylation is 2. The van der Waals surface area contributed by atoms with E-state index in [2.05, 4.69) is 5.32 Å². The lowest BCUT2D eigenvalue weighted by Crippen LogP contribution is -2.20. The third-order valence-corrected chi connectivity index (χ3v) is 5.01. The van der Waals surface area contributed by atoms with Gasteiger partial charge in [-0.2, -0.15) is 0 Å². The SMILES string of the molecule is Cc1ccc(NC(=O)COC(=O)/C=C/c2ccc(OCc3ccccc3Cl)cc2)c(C)c1. The summed E-state index contributed by atoms with van der Waals surface area (Å²) in [5.74, 6) is -0.300. The largest absolute Gasteiger partial charge is 0.489 e. The highest BCUT2D eigenvalue weighted by Gasteiger charge is 2.07. The van der Waals surface area contributed by atoms with Crippen LogP contribution < -0.4 is 10.1 Å². The van der Waals surface area contributed by atoms with Crippen LogP contribution in [0, 0.1) is 13.8 Å². The van der Waals surface area contributed by atoms with Gasteiger partial charge < -0.3 is 14.8 Å². The molecule has 0 radical (unpaired) electrons. The first-order valence-corrected chi connectivity index (χ1v) is 10.5. The number of hydrogen-bond donors (Lipinski definition) is 1. The van der Waals surface area contributed by atoms with Crippen molar-refractivity contribution in [2.45, 2.75) is 20.5 Å². The topological polar surface area (TPSA) is 64.6 Å². The number of anilines is 1. The van der Waals surface area contributed by atoms with Crippen LogP contribution in [0.15, 0.2) is 72.8 Å². The minimum atomic E-state index is -0.597. The Hall–Kier alpha value is -3.57. The van der Waals surface area contributed by atoms with Crippen molar-refractivity contribution in [1.29, 1.82) is 0 Å². The third kappa shape index (κ3) is 7.00. The van der Waals surface area contributed by atoms with Gasteiger partial charge in [0.15, 0.2) is 6.61 Å². The highest BCUT2D eigenvalue weighted by Crippen LogP contribution is 2.19. The average molecular weight is 450 g/mol. The maximum Gasteiger partial charge on any atom is 0.331 e. The summed E-state index contributed by atoms with van der Waals surface area (Å²) in [5.41, 5.74) is 4.46. The lowest BCUT2D eigenvalue weighted by Gasteiger charge is -2.09. The number of hydrogen-bond acceptors (Lipinski definition) is 4. The van der Waals surface area contributed by atoms with Crippen molar-refractivity contribution in [2.75, 3.05) is 11.9 Å². The molecule has 0 saturated carbocycles. The van der Waals surface area contributed by atoms with Gasteiger partial charge in [-0.15, -0.1) is 0 Å². The van der Waals surface area contributed by atoms with E-state index in [1.54, 1.807) is 18.2 Å². The molecule has 0 aromatic heterocycles. The van der Waals surface area contributed by atoms with Crippen LogP contribution in [-0.2, 0) is 20.9 Å². The maximum absolute atomic E-state index is 12.0. The van der Waals surface area contributed by atoms with Crippen LogP contribution in [0.5, 0.6) is 5.75 Å². The van der Waals surface area contributed by atoms with Gasteiger partial charge in [0.2, 0.25) is 0 Å². The Bertz CT molecular complexity index is 1120. The number of halogens is 1. The number of nitrogens with one attached hydrogen (secondary N) is 1. The van der Waals surface area contributed by atoms with Gasteiger partial charge in [-0.25, -0.2) is 4.79 Å². The van der Waals surface area contributed by atoms with Crippen molar-refractivity contribution >= 4 is 35.2 Å². The highest BCUT2D eigenvalue weighted by atomic mass is 35.5. The summed E-state index contributed by atoms with van der Waals surface area (Å²) in [5, 5.41) is 3.40. The van der Waals surface area contributed by atoms with Gasteiger partial charge in [0.05, 0.1) is 0 Å². The number of carbonyl (C=O) groups excluding carboxylic acids is 2. The third-order valence-electron chi connectivity index (χ3n) is 4.65. The lowest BCUT2D eigenvalue weighted by atomic mass is 10.1. The zero-order valence-electron chi connectivity index (χ0n) is 17.9. The van der Waals surface area contributed by atoms with Crippen LogP contribution in [0.3, 0.4) is 0 Å². The lowest BCUT2D eigenvalue weighted by molar-refractivity contribution is -0.142. The predicted molar refractivity (Wildman–Crippen MR) is 127 cm³/mol. The molecule has 5 nitrogen and oxygen atoms in total. The summed E-state index contributed by atoms with van der Waals surface area (Å²) < 4.78 is 10.7. The number of esters is 1. The molecule has 0 aliphatic rings. The number of benzene rings is 3. The van der Waals surface area contributed by atoms with Crippen molar-refractivity contribution in [3.63, 3.8) is 0 Å². The van der Waals surface area contributed by atoms with Crippen LogP contribution >= 0.6 is 11.6 Å². The van der Waals surface area contributed by atoms with Crippen LogP contribution in [0.25, 0.3) is 6.08 Å². The first-order chi connectivity index (χ1) is 15.4. The fraction of sp³-hybridized carbons (Fsp3) is 0.154. The molecule has 3 rings (SSSR count). The Labute approximate surface area is 192 Å². The molecule has 0 heterocycles. The standard InChI is InChI=1S/C26H24ClNO4/c1-18-7-13-24(19(2)15-18)28-25(29)17-32-26(30)14-10-20-8-11-22(12-9-20)31-16-21-5-3-4-6-23(21)27/h3-15H,16-17H2,1-2H3,(H,28,29)/b14-10+. The Kier molecular flexibility index (Phi) is 8.06. The molecule has 1 amide bonds. The molecule has 0 saturated heterocycles. The number of rotatable bonds is 8. The molecule has 0 atom stereocenters. The summed E-state index contributed by atoms with van der Waals surface area (Å²) >= 11 is 6.13. The minimum absolute atomic E-state index is 0.356. The fourth-order valence-corrected chi connectivity index (χ4v) is 3.13. The summed E-state index contributed by atoms with van der Waals surface area (Å²) in [6.07, 6.45) is 2.90. The Balaban J connectivity index is 1.44. The molecule has 3 aromatic carbocycles. The summed E-state index contributed by atoms with van der Waals surface area (Å²) in [6, 6.07) is 20.5. The smallest absolute Gasteiger partial charge is 0.331 e. The van der Waals surface area contributed by atoms with Crippen LogP contribution in [0.4, 0.5) is 5.69 Å². The Morgan fingerprint density at radius 3 is 2.47 bits per heavy atom. The quantitative estimate of drug-likeness (QED) is 0.352. The van der Waals surface area contributed by atoms with E-state index >= 15 is 0 Å². The second-order valence-corrected chi connectivity index (χ2v) is 7.66. The number of carbonyl (C=O) groups is 2. The van der Waals surface area contributed by atoms with E-state index in [9.17, 15) is 9.59 Å². The van der Waals surface area contributed by atoms with E-state index in [-0.39, 0.29) is 6.61 Å². The van der Waals surface area contributed by atoms with E-state index < -0.39 is 11.9 Å². The maximum atomic E-state index is 12.0. The molecule has 0 aliphatic heterocycles. The normalized spacial score (nSPS) is 10.7. The first kappa shape index (κ1) is 23.1. The van der Waals surface area contributed by atoms with E-state index in [0.29, 0.717) is 23.1 Å². The molecule has 0 aliphatic carbocycles. The average Bonchev–Trinajstić information content (AvgIpc) is 2.78. The van der Waals surface area contributed by atoms with Gasteiger partial charge in [0.25, 0.3) is 5.91 Å². The highest BCUT2D eigenvalue weighted by molar-refractivity contribution is 6.31. The molecule has 1 N–H and O–H groups in total. The molecule has 6 heteroatoms. The summed E-state index contributed by atoms with van der Waals surface area (Å²) in [6.45, 7) is 3.90. The molecular formula is C26H24ClNO4. The fourth-order valence-electron chi connectivity index (χ4n) is 2.94. The van der Waals surface area contributed by atoms with E-state index in [1.807, 2.05) is 68.4 Å². The Morgan fingerprint density at radius 1 is 1.00 bits per heavy atom. The van der Waals surface area contributed by atoms with Crippen molar-refractivity contribution in [3.05, 3.63) is 100 Å². The predicted octanol–water partition coefficient (Wildman–Crippen LogP) is 5.73. The van der Waals surface area contributed by atoms with Gasteiger partial charge in [0.1, 0.15) is 12.4 Å². The molecule has 32 heavy (non-hydrogen) atoms. The van der Waals surface area contributed by atoms with E-state index in [1.165, 1.54) is 6.08 Å². The second kappa shape index (κ2) is 11.2. The van der Waals surface area contributed by atoms with Crippen LogP contribution in [0.2, 0.25) is 5.02 Å². The molecular weight excluding hydrogens is 426 g/mol. The Morgan fingerprint density at radius 2 is 1.75 bits per heavy atom. The van der Waals surface area contributed by atoms with Crippen LogP contribution in [0.1, 0.15) is 22.3 Å². The van der Waals surface area contributed by atoms with Crippen molar-refractivity contribution in [3.8, 4) is 5.75 Å². The molecule has 0 bridgehead atoms. The molecule has 0 unspecified atom stereocenters. The summed E-state index contributed by atoms with van der Waals surface area (Å²) in [4.78, 5) is 23.9. The van der Waals surface area contributed by atoms with Gasteiger partial charge in [-0.1, -0.05) is 59.6 Å². The van der Waals surface area contributed by atoms with Crippen molar-refractivity contribution < 1.29 is 19.1 Å². The zero-order valence-corrected chi connectivity index (χ0v) is 18.7. The minimum Gasteiger partial charge on any atom is -0.489 e. The van der Waals surface area contributed by atoms with Gasteiger partial charge in [-0.3, -0.25) is 4.79 Å². The second-order valence-electron chi connectivity index (χ2n) is 7.26. The van der Waals surface area contributed by atoms with Gasteiger partial charge in [-0.05, 0) is 55.3 Å². The molecule has 0 spiro atoms. The molecule has 0 fully saturated rings. The van der Waals surface area contributed by atoms with E-state index in [0.717, 1.165) is 22.3 Å². The van der Waals surface area contributed by atoms with Crippen LogP contribution in [-0.4, -0.2) is 18.5 Å². The zero-order chi connectivity index (χ0) is 22.9. The summed E-state index contributed by atoms with van der Waals surface area (Å²) in [7, 11) is 0. The monoisotopic (exact) mass is 449 g/mol. The molecule has 164 valence electrons. The molecule has 3 aromatic rings. The van der Waals surface area contributed by atoms with Crippen molar-refractivity contribution in [1.82, 2.24) is 0 Å².